The molecule has 6 nitrogen and oxygen atoms in total. The van der Waals surface area contributed by atoms with E-state index < -0.39 is 18.0 Å². The second-order valence-electron chi connectivity index (χ2n) is 4.68. The van der Waals surface area contributed by atoms with Gasteiger partial charge in [0.15, 0.2) is 0 Å². The molecule has 3 atom stereocenters. The highest BCUT2D eigenvalue weighted by molar-refractivity contribution is 6.02. The molecule has 1 aliphatic heterocycles. The lowest BCUT2D eigenvalue weighted by molar-refractivity contribution is -0.0134. The van der Waals surface area contributed by atoms with Crippen LogP contribution in [-0.2, 0) is 9.47 Å². The van der Waals surface area contributed by atoms with Gasteiger partial charge >= 0.3 is 11.9 Å². The second kappa shape index (κ2) is 6.02. The Labute approximate surface area is 115 Å². The molecule has 0 bridgehead atoms. The number of rotatable bonds is 4. The predicted octanol–water partition coefficient (Wildman–Crippen LogP) is 1.08. The average molecular weight is 280 g/mol. The molecule has 1 aromatic carbocycles. The number of carbonyl (C=O) groups excluding carboxylic acids is 1. The molecule has 0 spiro atoms. The number of hydrogen-bond acceptors (Lipinski definition) is 5. The van der Waals surface area contributed by atoms with E-state index in [1.54, 1.807) is 19.1 Å². The molecular weight excluding hydrogens is 264 g/mol. The Kier molecular flexibility index (Phi) is 4.36. The van der Waals surface area contributed by atoms with E-state index >= 15 is 0 Å². The summed E-state index contributed by atoms with van der Waals surface area (Å²) >= 11 is 0. The van der Waals surface area contributed by atoms with E-state index in [1.165, 1.54) is 12.1 Å². The zero-order valence-corrected chi connectivity index (χ0v) is 11.0. The third-order valence-corrected chi connectivity index (χ3v) is 3.27. The van der Waals surface area contributed by atoms with Crippen molar-refractivity contribution in [3.8, 4) is 0 Å². The van der Waals surface area contributed by atoms with Crippen LogP contribution in [0, 0.1) is 0 Å². The van der Waals surface area contributed by atoms with Crippen molar-refractivity contribution < 1.29 is 29.3 Å². The normalized spacial score (nSPS) is 25.4. The van der Waals surface area contributed by atoms with E-state index in [2.05, 4.69) is 0 Å². The van der Waals surface area contributed by atoms with Crippen molar-refractivity contribution in [2.24, 2.45) is 0 Å². The van der Waals surface area contributed by atoms with Crippen LogP contribution in [0.2, 0.25) is 0 Å². The van der Waals surface area contributed by atoms with Crippen LogP contribution in [0.25, 0.3) is 0 Å². The van der Waals surface area contributed by atoms with Crippen molar-refractivity contribution in [1.82, 2.24) is 0 Å². The maximum atomic E-state index is 12.1. The number of aliphatic hydroxyl groups excluding tert-OH is 1. The molecule has 0 amide bonds. The largest absolute Gasteiger partial charge is 0.478 e. The standard InChI is InChI=1S/C14H16O6/c1-8-12(6-9(7-15)19-8)20-14(18)11-5-3-2-4-10(11)13(16)17/h2-5,8-9,12,15H,6-7H2,1H3,(H,16,17)/t8-,9-,12+/m0/s1. The van der Waals surface area contributed by atoms with Crippen molar-refractivity contribution >= 4 is 11.9 Å². The molecule has 0 unspecified atom stereocenters. The third-order valence-electron chi connectivity index (χ3n) is 3.27. The minimum atomic E-state index is -1.18. The van der Waals surface area contributed by atoms with Crippen molar-refractivity contribution in [3.05, 3.63) is 35.4 Å². The topological polar surface area (TPSA) is 93.1 Å². The fourth-order valence-corrected chi connectivity index (χ4v) is 2.21. The van der Waals surface area contributed by atoms with Gasteiger partial charge in [0.1, 0.15) is 6.10 Å². The number of carboxylic acid groups (broad SMARTS) is 1. The number of carbonyl (C=O) groups is 2. The van der Waals surface area contributed by atoms with Crippen LogP contribution in [0.1, 0.15) is 34.1 Å². The Hall–Kier alpha value is -1.92. The van der Waals surface area contributed by atoms with Crippen molar-refractivity contribution in [2.75, 3.05) is 6.61 Å². The number of aliphatic hydroxyl groups is 1. The number of carboxylic acids is 1. The van der Waals surface area contributed by atoms with Gasteiger partial charge in [-0.15, -0.1) is 0 Å². The zero-order chi connectivity index (χ0) is 14.7. The van der Waals surface area contributed by atoms with Gasteiger partial charge in [-0.1, -0.05) is 12.1 Å². The summed E-state index contributed by atoms with van der Waals surface area (Å²) in [6, 6.07) is 5.89. The van der Waals surface area contributed by atoms with Gasteiger partial charge in [0.05, 0.1) is 29.9 Å². The highest BCUT2D eigenvalue weighted by atomic mass is 16.6. The molecule has 20 heavy (non-hydrogen) atoms. The quantitative estimate of drug-likeness (QED) is 0.802. The maximum Gasteiger partial charge on any atom is 0.339 e. The van der Waals surface area contributed by atoms with E-state index in [0.717, 1.165) is 0 Å². The van der Waals surface area contributed by atoms with Gasteiger partial charge in [-0.3, -0.25) is 0 Å². The molecule has 2 rings (SSSR count). The van der Waals surface area contributed by atoms with Gasteiger partial charge in [0.2, 0.25) is 0 Å². The number of ether oxygens (including phenoxy) is 2. The second-order valence-corrected chi connectivity index (χ2v) is 4.68. The molecule has 108 valence electrons. The summed E-state index contributed by atoms with van der Waals surface area (Å²) in [6.07, 6.45) is -0.759. The number of aromatic carboxylic acids is 1. The Bertz CT molecular complexity index is 512. The number of hydrogen-bond donors (Lipinski definition) is 2. The van der Waals surface area contributed by atoms with Gasteiger partial charge in [0.25, 0.3) is 0 Å². The molecular formula is C14H16O6. The number of benzene rings is 1. The minimum absolute atomic E-state index is 0.0136. The zero-order valence-electron chi connectivity index (χ0n) is 11.0. The maximum absolute atomic E-state index is 12.1. The SMILES string of the molecule is C[C@@H]1O[C@H](CO)C[C@H]1OC(=O)c1ccccc1C(=O)O. The monoisotopic (exact) mass is 280 g/mol. The highest BCUT2D eigenvalue weighted by Crippen LogP contribution is 2.24. The van der Waals surface area contributed by atoms with Gasteiger partial charge in [-0.25, -0.2) is 9.59 Å². The van der Waals surface area contributed by atoms with Crippen LogP contribution in [-0.4, -0.2) is 47.1 Å². The van der Waals surface area contributed by atoms with Gasteiger partial charge in [-0.2, -0.15) is 0 Å². The lowest BCUT2D eigenvalue weighted by atomic mass is 10.1. The third kappa shape index (κ3) is 2.97. The molecule has 0 radical (unpaired) electrons. The summed E-state index contributed by atoms with van der Waals surface area (Å²) in [6.45, 7) is 1.61. The van der Waals surface area contributed by atoms with Crippen molar-refractivity contribution in [3.63, 3.8) is 0 Å². The first-order valence-electron chi connectivity index (χ1n) is 6.32. The first kappa shape index (κ1) is 14.5. The van der Waals surface area contributed by atoms with Crippen LogP contribution in [0.15, 0.2) is 24.3 Å². The number of esters is 1. The highest BCUT2D eigenvalue weighted by Gasteiger charge is 2.35. The van der Waals surface area contributed by atoms with Gasteiger partial charge < -0.3 is 19.7 Å². The molecule has 0 aromatic heterocycles. The molecule has 0 aliphatic carbocycles. The van der Waals surface area contributed by atoms with Crippen LogP contribution in [0.5, 0.6) is 0 Å². The first-order chi connectivity index (χ1) is 9.52. The lowest BCUT2D eigenvalue weighted by Crippen LogP contribution is -2.25. The Balaban J connectivity index is 2.11. The molecule has 1 saturated heterocycles. The van der Waals surface area contributed by atoms with E-state index in [9.17, 15) is 9.59 Å². The smallest absolute Gasteiger partial charge is 0.339 e. The molecule has 1 heterocycles. The Morgan fingerprint density at radius 2 is 2.00 bits per heavy atom. The Morgan fingerprint density at radius 1 is 1.35 bits per heavy atom. The molecule has 1 aliphatic rings. The summed E-state index contributed by atoms with van der Waals surface area (Å²) in [4.78, 5) is 23.1. The van der Waals surface area contributed by atoms with Crippen LogP contribution < -0.4 is 0 Å². The summed E-state index contributed by atoms with van der Waals surface area (Å²) in [5, 5.41) is 18.1. The predicted molar refractivity (Wildman–Crippen MR) is 68.6 cm³/mol. The molecule has 0 saturated carbocycles. The molecule has 2 N–H and O–H groups in total. The summed E-state index contributed by atoms with van der Waals surface area (Å²) in [5.41, 5.74) is -0.0811. The molecule has 1 aromatic rings. The summed E-state index contributed by atoms with van der Waals surface area (Å²) in [7, 11) is 0. The lowest BCUT2D eigenvalue weighted by Gasteiger charge is -2.15. The van der Waals surface area contributed by atoms with Crippen LogP contribution in [0.3, 0.4) is 0 Å². The molecule has 6 heteroatoms. The minimum Gasteiger partial charge on any atom is -0.478 e. The van der Waals surface area contributed by atoms with E-state index in [-0.39, 0.29) is 29.9 Å². The fraction of sp³-hybridized carbons (Fsp3) is 0.429. The van der Waals surface area contributed by atoms with Gasteiger partial charge in [-0.05, 0) is 19.1 Å². The molecule has 1 fully saturated rings. The van der Waals surface area contributed by atoms with Crippen molar-refractivity contribution in [2.45, 2.75) is 31.7 Å². The van der Waals surface area contributed by atoms with Gasteiger partial charge in [0, 0.05) is 6.42 Å². The van der Waals surface area contributed by atoms with E-state index in [0.29, 0.717) is 6.42 Å². The Morgan fingerprint density at radius 3 is 2.55 bits per heavy atom. The van der Waals surface area contributed by atoms with Crippen molar-refractivity contribution in [1.29, 1.82) is 0 Å². The van der Waals surface area contributed by atoms with Crippen LogP contribution in [0.4, 0.5) is 0 Å². The summed E-state index contributed by atoms with van der Waals surface area (Å²) < 4.78 is 10.7. The van der Waals surface area contributed by atoms with Crippen LogP contribution >= 0.6 is 0 Å². The summed E-state index contributed by atoms with van der Waals surface area (Å²) in [5.74, 6) is -1.87. The van der Waals surface area contributed by atoms with E-state index in [1.807, 2.05) is 0 Å². The average Bonchev–Trinajstić information content (AvgIpc) is 2.79. The van der Waals surface area contributed by atoms with E-state index in [4.69, 9.17) is 19.7 Å². The fourth-order valence-electron chi connectivity index (χ4n) is 2.21. The first-order valence-corrected chi connectivity index (χ1v) is 6.32.